The van der Waals surface area contributed by atoms with Gasteiger partial charge in [0.25, 0.3) is 10.0 Å². The summed E-state index contributed by atoms with van der Waals surface area (Å²) in [5, 5.41) is 3.61. The van der Waals surface area contributed by atoms with E-state index in [0.717, 1.165) is 4.31 Å². The van der Waals surface area contributed by atoms with Crippen LogP contribution in [0.2, 0.25) is 10.0 Å². The van der Waals surface area contributed by atoms with Crippen molar-refractivity contribution in [1.29, 1.82) is 0 Å². The summed E-state index contributed by atoms with van der Waals surface area (Å²) < 4.78 is 35.3. The molecule has 43 heavy (non-hydrogen) atoms. The van der Waals surface area contributed by atoms with Crippen molar-refractivity contribution in [2.75, 3.05) is 17.5 Å². The highest BCUT2D eigenvalue weighted by Crippen LogP contribution is 2.28. The van der Waals surface area contributed by atoms with Gasteiger partial charge in [-0.25, -0.2) is 8.42 Å². The Morgan fingerprint density at radius 2 is 1.58 bits per heavy atom. The van der Waals surface area contributed by atoms with Gasteiger partial charge in [0.2, 0.25) is 11.8 Å². The van der Waals surface area contributed by atoms with Crippen LogP contribution in [0.15, 0.2) is 76.1 Å². The molecule has 2 atom stereocenters. The lowest BCUT2D eigenvalue weighted by molar-refractivity contribution is -0.140. The number of sulfonamides is 1. The Bertz CT molecular complexity index is 1500. The number of anilines is 1. The molecular weight excluding hydrogens is 677 g/mol. The highest BCUT2D eigenvalue weighted by atomic mass is 79.9. The first-order chi connectivity index (χ1) is 20.4. The minimum absolute atomic E-state index is 0.00923. The van der Waals surface area contributed by atoms with Gasteiger partial charge in [0.1, 0.15) is 18.3 Å². The number of nitrogens with zero attached hydrogens (tertiary/aromatic N) is 2. The van der Waals surface area contributed by atoms with E-state index in [0.29, 0.717) is 45.3 Å². The van der Waals surface area contributed by atoms with E-state index in [-0.39, 0.29) is 29.1 Å². The summed E-state index contributed by atoms with van der Waals surface area (Å²) in [4.78, 5) is 29.0. The Morgan fingerprint density at radius 1 is 0.930 bits per heavy atom. The smallest absolute Gasteiger partial charge is 0.264 e. The number of hydrogen-bond acceptors (Lipinski definition) is 5. The maximum atomic E-state index is 14.2. The fourth-order valence-electron chi connectivity index (χ4n) is 4.33. The fourth-order valence-corrected chi connectivity index (χ4v) is 6.33. The predicted molar refractivity (Wildman–Crippen MR) is 175 cm³/mol. The summed E-state index contributed by atoms with van der Waals surface area (Å²) in [6, 6.07) is 16.6. The number of hydrogen-bond donors (Lipinski definition) is 1. The summed E-state index contributed by atoms with van der Waals surface area (Å²) in [5.41, 5.74) is 0.909. The van der Waals surface area contributed by atoms with E-state index in [1.54, 1.807) is 61.5 Å². The normalized spacial score (nSPS) is 12.7. The minimum Gasteiger partial charge on any atom is -0.494 e. The average molecular weight is 714 g/mol. The van der Waals surface area contributed by atoms with Crippen LogP contribution in [0.1, 0.15) is 46.1 Å². The second kappa shape index (κ2) is 15.8. The van der Waals surface area contributed by atoms with Gasteiger partial charge in [0.15, 0.2) is 0 Å². The molecule has 0 radical (unpaired) electrons. The Labute approximate surface area is 272 Å². The molecule has 0 aliphatic heterocycles. The van der Waals surface area contributed by atoms with Crippen LogP contribution in [-0.2, 0) is 26.2 Å². The number of rotatable bonds is 14. The van der Waals surface area contributed by atoms with Gasteiger partial charge in [-0.3, -0.25) is 13.9 Å². The van der Waals surface area contributed by atoms with E-state index in [2.05, 4.69) is 21.2 Å². The lowest BCUT2D eigenvalue weighted by Crippen LogP contribution is -2.53. The monoisotopic (exact) mass is 711 g/mol. The zero-order valence-corrected chi connectivity index (χ0v) is 28.4. The van der Waals surface area contributed by atoms with Crippen molar-refractivity contribution in [3.63, 3.8) is 0 Å². The van der Waals surface area contributed by atoms with Crippen LogP contribution in [0.4, 0.5) is 5.69 Å². The molecule has 8 nitrogen and oxygen atoms in total. The number of ether oxygens (including phenoxy) is 1. The van der Waals surface area contributed by atoms with E-state index in [1.165, 1.54) is 17.0 Å². The number of benzene rings is 3. The number of nitrogens with one attached hydrogen (secondary N) is 1. The molecule has 0 saturated carbocycles. The van der Waals surface area contributed by atoms with Gasteiger partial charge >= 0.3 is 0 Å². The molecule has 1 N–H and O–H groups in total. The van der Waals surface area contributed by atoms with E-state index in [4.69, 9.17) is 27.9 Å². The maximum absolute atomic E-state index is 14.2. The van der Waals surface area contributed by atoms with Crippen LogP contribution in [0, 0.1) is 0 Å². The minimum atomic E-state index is -4.20. The Hall–Kier alpha value is -2.79. The molecule has 0 spiro atoms. The van der Waals surface area contributed by atoms with Gasteiger partial charge in [0, 0.05) is 17.1 Å². The van der Waals surface area contributed by atoms with Gasteiger partial charge in [-0.05, 0) is 92.9 Å². The van der Waals surface area contributed by atoms with Crippen molar-refractivity contribution < 1.29 is 22.7 Å². The lowest BCUT2D eigenvalue weighted by Gasteiger charge is -2.33. The van der Waals surface area contributed by atoms with Crippen LogP contribution in [-0.4, -0.2) is 50.4 Å². The molecule has 3 aromatic carbocycles. The van der Waals surface area contributed by atoms with Crippen molar-refractivity contribution in [1.82, 2.24) is 10.2 Å². The lowest BCUT2D eigenvalue weighted by atomic mass is 10.1. The second-order valence-corrected chi connectivity index (χ2v) is 13.5. The number of carbonyl (C=O) groups is 2. The van der Waals surface area contributed by atoms with Crippen molar-refractivity contribution >= 4 is 66.7 Å². The first-order valence-corrected chi connectivity index (χ1v) is 16.9. The van der Waals surface area contributed by atoms with E-state index in [1.807, 2.05) is 20.8 Å². The zero-order valence-electron chi connectivity index (χ0n) is 24.5. The number of halogens is 3. The van der Waals surface area contributed by atoms with Crippen molar-refractivity contribution in [2.45, 2.75) is 64.1 Å². The van der Waals surface area contributed by atoms with Gasteiger partial charge in [0.05, 0.1) is 27.2 Å². The molecule has 0 fully saturated rings. The molecule has 0 saturated heterocycles. The maximum Gasteiger partial charge on any atom is 0.264 e. The van der Waals surface area contributed by atoms with Crippen molar-refractivity contribution in [2.24, 2.45) is 0 Å². The van der Waals surface area contributed by atoms with Crippen LogP contribution in [0.5, 0.6) is 5.75 Å². The number of amides is 2. The molecule has 0 bridgehead atoms. The average Bonchev–Trinajstić information content (AvgIpc) is 2.98. The first-order valence-electron chi connectivity index (χ1n) is 14.0. The third kappa shape index (κ3) is 9.11. The number of carbonyl (C=O) groups excluding carboxylic acids is 2. The summed E-state index contributed by atoms with van der Waals surface area (Å²) in [7, 11) is -4.20. The third-order valence-electron chi connectivity index (χ3n) is 6.84. The predicted octanol–water partition coefficient (Wildman–Crippen LogP) is 7.07. The van der Waals surface area contributed by atoms with Gasteiger partial charge in [-0.1, -0.05) is 59.0 Å². The Balaban J connectivity index is 2.08. The molecule has 0 heterocycles. The van der Waals surface area contributed by atoms with E-state index >= 15 is 0 Å². The molecule has 2 amide bonds. The topological polar surface area (TPSA) is 96.0 Å². The Kier molecular flexibility index (Phi) is 12.7. The van der Waals surface area contributed by atoms with E-state index < -0.39 is 28.5 Å². The van der Waals surface area contributed by atoms with Gasteiger partial charge in [-0.15, -0.1) is 0 Å². The molecule has 0 aliphatic carbocycles. The zero-order chi connectivity index (χ0) is 31.7. The Morgan fingerprint density at radius 3 is 2.14 bits per heavy atom. The highest BCUT2D eigenvalue weighted by molar-refractivity contribution is 9.10. The SMILES string of the molecule is CCOc1ccc(N(CC(=O)N(Cc2ccc(Cl)c(Cl)c2)[C@H](CC)C(=O)N[C@H](C)CC)S(=O)(=O)c2ccc(Br)cc2)cc1. The van der Waals surface area contributed by atoms with E-state index in [9.17, 15) is 18.0 Å². The molecular formula is C31H36BrCl2N3O5S. The molecule has 0 unspecified atom stereocenters. The molecule has 0 aliphatic rings. The molecule has 3 aromatic rings. The molecule has 232 valence electrons. The van der Waals surface area contributed by atoms with Crippen molar-refractivity contribution in [3.8, 4) is 5.75 Å². The largest absolute Gasteiger partial charge is 0.494 e. The van der Waals surface area contributed by atoms with Crippen LogP contribution in [0.25, 0.3) is 0 Å². The van der Waals surface area contributed by atoms with Crippen LogP contribution in [0.3, 0.4) is 0 Å². The molecule has 0 aromatic heterocycles. The standard InChI is InChI=1S/C31H36BrCl2N3O5S/c1-5-21(4)35-31(39)29(6-2)36(19-22-8-17-27(33)28(34)18-22)30(38)20-37(24-11-13-25(14-12-24)42-7-3)43(40,41)26-15-9-23(32)10-16-26/h8-18,21,29H,5-7,19-20H2,1-4H3,(H,35,39)/t21-,29-/m1/s1. The molecule has 12 heteroatoms. The first kappa shape index (κ1) is 34.7. The van der Waals surface area contributed by atoms with Crippen molar-refractivity contribution in [3.05, 3.63) is 86.8 Å². The van der Waals surface area contributed by atoms with Gasteiger partial charge < -0.3 is 15.0 Å². The second-order valence-electron chi connectivity index (χ2n) is 9.90. The quantitative estimate of drug-likeness (QED) is 0.193. The fraction of sp³-hybridized carbons (Fsp3) is 0.355. The summed E-state index contributed by atoms with van der Waals surface area (Å²) >= 11 is 15.7. The molecule has 3 rings (SSSR count). The summed E-state index contributed by atoms with van der Waals surface area (Å²) in [6.07, 6.45) is 1.01. The summed E-state index contributed by atoms with van der Waals surface area (Å²) in [6.45, 7) is 7.39. The van der Waals surface area contributed by atoms with Crippen LogP contribution < -0.4 is 14.4 Å². The van der Waals surface area contributed by atoms with Gasteiger partial charge in [-0.2, -0.15) is 0 Å². The third-order valence-corrected chi connectivity index (χ3v) is 9.90. The highest BCUT2D eigenvalue weighted by Gasteiger charge is 2.34. The van der Waals surface area contributed by atoms with Crippen LogP contribution >= 0.6 is 39.1 Å². The summed E-state index contributed by atoms with van der Waals surface area (Å²) in [5.74, 6) is -0.326.